The maximum Gasteiger partial charge on any atom is 0.434 e. The van der Waals surface area contributed by atoms with E-state index in [2.05, 4.69) is 11.7 Å². The Bertz CT molecular complexity index is 1260. The molecule has 2 fully saturated rings. The minimum atomic E-state index is -5.93. The molecule has 0 aromatic carbocycles. The Balaban J connectivity index is 0.000000884. The van der Waals surface area contributed by atoms with Crippen LogP contribution in [0.25, 0.3) is 0 Å². The molecule has 2 aliphatic rings. The summed E-state index contributed by atoms with van der Waals surface area (Å²) in [5, 5.41) is 9.52. The highest BCUT2D eigenvalue weighted by Gasteiger charge is 2.71. The van der Waals surface area contributed by atoms with Gasteiger partial charge in [-0.15, -0.1) is 0 Å². The number of aliphatic hydroxyl groups is 1. The molecule has 0 radical (unpaired) electrons. The van der Waals surface area contributed by atoms with Gasteiger partial charge in [0.1, 0.15) is 11.7 Å². The first-order valence-electron chi connectivity index (χ1n) is 19.6. The predicted octanol–water partition coefficient (Wildman–Crippen LogP) is 12.3. The molecule has 58 heavy (non-hydrogen) atoms. The number of ether oxygens (including phenoxy) is 3. The SMILES string of the molecule is CCC(C)(C)C(=O)OC(C(F)(F)F)C(F)(F)F.CCC(C)(C)C(=O)OC(CC(O)(C(F)(F)F)C(F)(F)F)C1CCCCC1.CCC1(OC(=O)C(C)(C)CC)CCCC1. The first-order valence-corrected chi connectivity index (χ1v) is 19.6. The van der Waals surface area contributed by atoms with Gasteiger partial charge in [0.25, 0.3) is 11.7 Å². The van der Waals surface area contributed by atoms with Crippen LogP contribution in [0.3, 0.4) is 0 Å². The lowest BCUT2D eigenvalue weighted by Crippen LogP contribution is -2.59. The zero-order chi connectivity index (χ0) is 46.0. The van der Waals surface area contributed by atoms with Gasteiger partial charge >= 0.3 is 42.6 Å². The van der Waals surface area contributed by atoms with Gasteiger partial charge in [0.05, 0.1) is 16.2 Å². The lowest BCUT2D eigenvalue weighted by Gasteiger charge is -2.39. The fourth-order valence-corrected chi connectivity index (χ4v) is 5.69. The highest BCUT2D eigenvalue weighted by atomic mass is 19.4. The van der Waals surface area contributed by atoms with Crippen molar-refractivity contribution < 1.29 is 86.4 Å². The third-order valence-corrected chi connectivity index (χ3v) is 11.5. The van der Waals surface area contributed by atoms with E-state index in [9.17, 15) is 72.2 Å². The summed E-state index contributed by atoms with van der Waals surface area (Å²) in [6, 6.07) is 0. The van der Waals surface area contributed by atoms with Gasteiger partial charge in [-0.3, -0.25) is 14.4 Å². The Morgan fingerprint density at radius 3 is 1.28 bits per heavy atom. The largest absolute Gasteiger partial charge is 0.462 e. The van der Waals surface area contributed by atoms with Crippen molar-refractivity contribution in [3.05, 3.63) is 0 Å². The van der Waals surface area contributed by atoms with E-state index < -0.39 is 77.6 Å². The highest BCUT2D eigenvalue weighted by molar-refractivity contribution is 5.77. The number of hydrogen-bond donors (Lipinski definition) is 1. The van der Waals surface area contributed by atoms with E-state index in [1.165, 1.54) is 47.5 Å². The number of esters is 3. The van der Waals surface area contributed by atoms with Crippen LogP contribution in [0.15, 0.2) is 0 Å². The fraction of sp³-hybridized carbons (Fsp3) is 0.923. The van der Waals surface area contributed by atoms with Gasteiger partial charge in [-0.05, 0) is 112 Å². The molecule has 2 saturated carbocycles. The molecule has 0 saturated heterocycles. The fourth-order valence-electron chi connectivity index (χ4n) is 5.69. The molecular weight excluding hydrogens is 808 g/mol. The van der Waals surface area contributed by atoms with E-state index in [0.29, 0.717) is 32.1 Å². The van der Waals surface area contributed by atoms with Crippen molar-refractivity contribution in [2.45, 2.75) is 207 Å². The minimum absolute atomic E-state index is 0.0197. The quantitative estimate of drug-likeness (QED) is 0.112. The summed E-state index contributed by atoms with van der Waals surface area (Å²) in [4.78, 5) is 35.4. The number of rotatable bonds is 13. The normalized spacial score (nSPS) is 18.0. The molecule has 7 nitrogen and oxygen atoms in total. The van der Waals surface area contributed by atoms with Gasteiger partial charge < -0.3 is 19.3 Å². The zero-order valence-corrected chi connectivity index (χ0v) is 35.1. The molecule has 0 heterocycles. The standard InChI is InChI=1S/C17H26F6O3.C13H24O2.C9H12F6O2/c1-4-14(2,3)13(24)26-12(11-8-6-5-7-9-11)10-15(25,16(18,19)20)17(21,22)23;1-5-12(3,4)11(14)15-13(6-2)9-7-8-10-13;1-4-7(2,3)6(16)17-5(8(10,11)12)9(13,14)15/h11-12,25H,4-10H2,1-3H3;5-10H2,1-4H3;5H,4H2,1-3H3. The Labute approximate surface area is 333 Å². The lowest BCUT2D eigenvalue weighted by molar-refractivity contribution is -0.375. The topological polar surface area (TPSA) is 99.1 Å². The molecule has 0 aliphatic heterocycles. The number of halogens is 12. The Morgan fingerprint density at radius 1 is 0.586 bits per heavy atom. The summed E-state index contributed by atoms with van der Waals surface area (Å²) in [6.07, 6.45) is -21.2. The molecule has 344 valence electrons. The van der Waals surface area contributed by atoms with E-state index in [1.807, 2.05) is 20.8 Å². The van der Waals surface area contributed by atoms with Gasteiger partial charge in [0.15, 0.2) is 0 Å². The lowest BCUT2D eigenvalue weighted by atomic mass is 9.80. The van der Waals surface area contributed by atoms with Crippen LogP contribution in [0.5, 0.6) is 0 Å². The third-order valence-electron chi connectivity index (χ3n) is 11.5. The van der Waals surface area contributed by atoms with Crippen LogP contribution in [0.2, 0.25) is 0 Å². The highest BCUT2D eigenvalue weighted by Crippen LogP contribution is 2.48. The molecule has 1 unspecified atom stereocenters. The molecule has 0 amide bonds. The smallest absolute Gasteiger partial charge is 0.434 e. The second kappa shape index (κ2) is 20.9. The molecule has 0 aromatic rings. The average molecular weight is 871 g/mol. The van der Waals surface area contributed by atoms with Crippen LogP contribution in [0.4, 0.5) is 52.7 Å². The van der Waals surface area contributed by atoms with Gasteiger partial charge in [-0.25, -0.2) is 0 Å². The Hall–Kier alpha value is -2.47. The zero-order valence-electron chi connectivity index (χ0n) is 35.1. The summed E-state index contributed by atoms with van der Waals surface area (Å²) in [5.74, 6) is -3.05. The third kappa shape index (κ3) is 15.9. The monoisotopic (exact) mass is 870 g/mol. The van der Waals surface area contributed by atoms with Crippen LogP contribution in [0.1, 0.15) is 159 Å². The number of carbonyl (C=O) groups excluding carboxylic acids is 3. The van der Waals surface area contributed by atoms with Gasteiger partial charge in [-0.2, -0.15) is 52.7 Å². The second-order valence-electron chi connectivity index (χ2n) is 17.1. The molecule has 1 atom stereocenters. The predicted molar refractivity (Wildman–Crippen MR) is 190 cm³/mol. The summed E-state index contributed by atoms with van der Waals surface area (Å²) < 4.78 is 165. The first kappa shape index (κ1) is 55.5. The molecule has 1 N–H and O–H groups in total. The van der Waals surface area contributed by atoms with Crippen LogP contribution in [-0.2, 0) is 28.6 Å². The van der Waals surface area contributed by atoms with Crippen molar-refractivity contribution >= 4 is 17.9 Å². The van der Waals surface area contributed by atoms with Gasteiger partial charge in [0, 0.05) is 6.42 Å². The van der Waals surface area contributed by atoms with Crippen LogP contribution in [-0.4, -0.2) is 71.1 Å². The minimum Gasteiger partial charge on any atom is -0.462 e. The van der Waals surface area contributed by atoms with Crippen LogP contribution >= 0.6 is 0 Å². The van der Waals surface area contributed by atoms with Crippen LogP contribution in [0, 0.1) is 22.2 Å². The van der Waals surface area contributed by atoms with E-state index >= 15 is 0 Å². The number of hydrogen-bond acceptors (Lipinski definition) is 7. The molecule has 2 aliphatic carbocycles. The van der Waals surface area contributed by atoms with Crippen molar-refractivity contribution in [3.8, 4) is 0 Å². The summed E-state index contributed by atoms with van der Waals surface area (Å²) in [7, 11) is 0. The Morgan fingerprint density at radius 2 is 0.948 bits per heavy atom. The molecule has 0 bridgehead atoms. The molecule has 0 spiro atoms. The number of carbonyl (C=O) groups is 3. The van der Waals surface area contributed by atoms with Crippen molar-refractivity contribution in [1.29, 1.82) is 0 Å². The van der Waals surface area contributed by atoms with Crippen molar-refractivity contribution in [2.75, 3.05) is 0 Å². The summed E-state index contributed by atoms with van der Waals surface area (Å²) >= 11 is 0. The van der Waals surface area contributed by atoms with E-state index in [4.69, 9.17) is 9.47 Å². The van der Waals surface area contributed by atoms with E-state index in [1.54, 1.807) is 6.92 Å². The maximum atomic E-state index is 13.1. The average Bonchev–Trinajstić information content (AvgIpc) is 3.57. The van der Waals surface area contributed by atoms with Crippen molar-refractivity contribution in [2.24, 2.45) is 22.2 Å². The summed E-state index contributed by atoms with van der Waals surface area (Å²) in [5.41, 5.74) is -7.82. The van der Waals surface area contributed by atoms with Crippen molar-refractivity contribution in [3.63, 3.8) is 0 Å². The van der Waals surface area contributed by atoms with Crippen LogP contribution < -0.4 is 0 Å². The summed E-state index contributed by atoms with van der Waals surface area (Å²) in [6.45, 7) is 16.6. The van der Waals surface area contributed by atoms with E-state index in [0.717, 1.165) is 32.1 Å². The molecule has 2 rings (SSSR count). The first-order chi connectivity index (χ1) is 25.9. The van der Waals surface area contributed by atoms with Gasteiger partial charge in [-0.1, -0.05) is 47.0 Å². The maximum absolute atomic E-state index is 13.1. The van der Waals surface area contributed by atoms with E-state index in [-0.39, 0.29) is 23.4 Å². The van der Waals surface area contributed by atoms with Gasteiger partial charge in [0.2, 0.25) is 0 Å². The molecule has 19 heteroatoms. The Kier molecular flexibility index (Phi) is 20.0. The molecule has 0 aromatic heterocycles. The molecular formula is C39H62F12O7. The number of alkyl halides is 12. The second-order valence-corrected chi connectivity index (χ2v) is 17.1. The van der Waals surface area contributed by atoms with Crippen molar-refractivity contribution in [1.82, 2.24) is 0 Å².